The molecule has 0 saturated heterocycles. The van der Waals surface area contributed by atoms with Gasteiger partial charge in [0.1, 0.15) is 17.4 Å². The second kappa shape index (κ2) is 6.16. The molecule has 20 heavy (non-hydrogen) atoms. The summed E-state index contributed by atoms with van der Waals surface area (Å²) in [6, 6.07) is 9.97. The van der Waals surface area contributed by atoms with Crippen LogP contribution in [-0.4, -0.2) is 10.2 Å². The zero-order valence-electron chi connectivity index (χ0n) is 12.0. The number of hydrogen-bond donors (Lipinski definition) is 0. The van der Waals surface area contributed by atoms with Crippen molar-refractivity contribution in [1.29, 1.82) is 5.26 Å². The Morgan fingerprint density at radius 3 is 2.45 bits per heavy atom. The molecule has 0 spiro atoms. The van der Waals surface area contributed by atoms with Gasteiger partial charge in [-0.25, -0.2) is 0 Å². The van der Waals surface area contributed by atoms with Gasteiger partial charge in [-0.3, -0.25) is 0 Å². The van der Waals surface area contributed by atoms with Gasteiger partial charge in [-0.1, -0.05) is 25.5 Å². The molecule has 1 aromatic carbocycles. The highest BCUT2D eigenvalue weighted by Gasteiger charge is 2.12. The van der Waals surface area contributed by atoms with Crippen molar-refractivity contribution in [3.63, 3.8) is 0 Å². The molecular weight excluding hydrogens is 250 g/mol. The smallest absolute Gasteiger partial charge is 0.257 e. The van der Waals surface area contributed by atoms with E-state index in [1.165, 1.54) is 5.56 Å². The normalized spacial score (nSPS) is 10.1. The summed E-state index contributed by atoms with van der Waals surface area (Å²) in [5.41, 5.74) is 3.26. The first-order valence-corrected chi connectivity index (χ1v) is 6.66. The van der Waals surface area contributed by atoms with Crippen LogP contribution in [0.4, 0.5) is 0 Å². The molecular formula is C16H17N3O. The van der Waals surface area contributed by atoms with Crippen LogP contribution in [0.25, 0.3) is 0 Å². The van der Waals surface area contributed by atoms with Crippen molar-refractivity contribution in [1.82, 2.24) is 10.2 Å². The predicted molar refractivity (Wildman–Crippen MR) is 76.7 cm³/mol. The van der Waals surface area contributed by atoms with Crippen molar-refractivity contribution >= 4 is 0 Å². The Morgan fingerprint density at radius 2 is 1.85 bits per heavy atom. The molecule has 1 heterocycles. The van der Waals surface area contributed by atoms with E-state index in [2.05, 4.69) is 23.2 Å². The first-order valence-electron chi connectivity index (χ1n) is 6.66. The fraction of sp³-hybridized carbons (Fsp3) is 0.312. The molecule has 2 rings (SSSR count). The fourth-order valence-electron chi connectivity index (χ4n) is 1.91. The van der Waals surface area contributed by atoms with Crippen molar-refractivity contribution in [2.45, 2.75) is 33.6 Å². The van der Waals surface area contributed by atoms with Gasteiger partial charge in [0.05, 0.1) is 5.69 Å². The van der Waals surface area contributed by atoms with Gasteiger partial charge in [-0.2, -0.15) is 10.4 Å². The summed E-state index contributed by atoms with van der Waals surface area (Å²) in [7, 11) is 0. The highest BCUT2D eigenvalue weighted by molar-refractivity contribution is 5.46. The van der Waals surface area contributed by atoms with Crippen LogP contribution < -0.4 is 4.74 Å². The zero-order valence-corrected chi connectivity index (χ0v) is 12.0. The third-order valence-electron chi connectivity index (χ3n) is 3.21. The highest BCUT2D eigenvalue weighted by atomic mass is 16.5. The Labute approximate surface area is 119 Å². The van der Waals surface area contributed by atoms with Crippen LogP contribution in [0.3, 0.4) is 0 Å². The van der Waals surface area contributed by atoms with E-state index in [1.54, 1.807) is 0 Å². The minimum Gasteiger partial charge on any atom is -0.437 e. The Balaban J connectivity index is 2.26. The average Bonchev–Trinajstić information content (AvgIpc) is 2.46. The van der Waals surface area contributed by atoms with Crippen LogP contribution in [0.1, 0.15) is 35.7 Å². The van der Waals surface area contributed by atoms with Gasteiger partial charge in [0.15, 0.2) is 0 Å². The van der Waals surface area contributed by atoms with E-state index in [0.717, 1.165) is 24.1 Å². The maximum atomic E-state index is 9.22. The lowest BCUT2D eigenvalue weighted by atomic mass is 10.1. The van der Waals surface area contributed by atoms with Gasteiger partial charge in [-0.05, 0) is 43.5 Å². The van der Waals surface area contributed by atoms with Crippen LogP contribution in [0, 0.1) is 25.2 Å². The summed E-state index contributed by atoms with van der Waals surface area (Å²) < 4.78 is 5.67. The molecule has 2 aromatic rings. The third kappa shape index (κ3) is 2.94. The topological polar surface area (TPSA) is 58.8 Å². The molecule has 0 saturated carbocycles. The molecule has 0 N–H and O–H groups in total. The van der Waals surface area contributed by atoms with Crippen LogP contribution in [0.15, 0.2) is 24.3 Å². The Hall–Kier alpha value is -2.41. The number of hydrogen-bond acceptors (Lipinski definition) is 4. The molecule has 0 aliphatic heterocycles. The fourth-order valence-corrected chi connectivity index (χ4v) is 1.91. The van der Waals surface area contributed by atoms with Crippen molar-refractivity contribution in [3.05, 3.63) is 46.6 Å². The predicted octanol–water partition coefficient (Wildman–Crippen LogP) is 3.71. The Kier molecular flexibility index (Phi) is 4.31. The monoisotopic (exact) mass is 267 g/mol. The number of nitrogens with zero attached hydrogens (tertiary/aromatic N) is 3. The largest absolute Gasteiger partial charge is 0.437 e. The van der Waals surface area contributed by atoms with E-state index >= 15 is 0 Å². The molecule has 0 radical (unpaired) electrons. The first-order chi connectivity index (χ1) is 9.65. The lowest BCUT2D eigenvalue weighted by Crippen LogP contribution is -2.00. The molecule has 4 heteroatoms. The Bertz CT molecular complexity index is 642. The maximum absolute atomic E-state index is 9.22. The van der Waals surface area contributed by atoms with Crippen LogP contribution in [0.5, 0.6) is 11.6 Å². The van der Waals surface area contributed by atoms with Crippen molar-refractivity contribution < 1.29 is 4.74 Å². The summed E-state index contributed by atoms with van der Waals surface area (Å²) in [6.45, 7) is 5.82. The second-order valence-electron chi connectivity index (χ2n) is 4.70. The van der Waals surface area contributed by atoms with E-state index in [0.29, 0.717) is 11.3 Å². The lowest BCUT2D eigenvalue weighted by molar-refractivity contribution is 0.451. The molecule has 0 aliphatic rings. The van der Waals surface area contributed by atoms with E-state index < -0.39 is 0 Å². The molecule has 0 unspecified atom stereocenters. The van der Waals surface area contributed by atoms with E-state index in [9.17, 15) is 5.26 Å². The zero-order chi connectivity index (χ0) is 14.5. The number of benzene rings is 1. The van der Waals surface area contributed by atoms with E-state index in [1.807, 2.05) is 38.1 Å². The number of aromatic nitrogens is 2. The molecule has 0 aliphatic carbocycles. The first kappa shape index (κ1) is 14.0. The van der Waals surface area contributed by atoms with Gasteiger partial charge in [0.2, 0.25) is 0 Å². The quantitative estimate of drug-likeness (QED) is 0.847. The van der Waals surface area contributed by atoms with E-state index in [-0.39, 0.29) is 5.88 Å². The number of rotatable bonds is 4. The summed E-state index contributed by atoms with van der Waals surface area (Å²) in [4.78, 5) is 0. The van der Waals surface area contributed by atoms with Crippen molar-refractivity contribution in [3.8, 4) is 17.7 Å². The van der Waals surface area contributed by atoms with E-state index in [4.69, 9.17) is 4.74 Å². The summed E-state index contributed by atoms with van der Waals surface area (Å²) >= 11 is 0. The highest BCUT2D eigenvalue weighted by Crippen LogP contribution is 2.25. The summed E-state index contributed by atoms with van der Waals surface area (Å²) in [5, 5.41) is 17.2. The van der Waals surface area contributed by atoms with Crippen LogP contribution >= 0.6 is 0 Å². The van der Waals surface area contributed by atoms with Gasteiger partial charge in [0.25, 0.3) is 5.88 Å². The minimum absolute atomic E-state index is 0.263. The molecule has 0 amide bonds. The molecule has 0 fully saturated rings. The SMILES string of the molecule is CCCc1ccc(Oc2nnc(C)c(C)c2C#N)cc1. The van der Waals surface area contributed by atoms with Gasteiger partial charge >= 0.3 is 0 Å². The molecule has 0 bridgehead atoms. The van der Waals surface area contributed by atoms with Gasteiger partial charge in [0, 0.05) is 0 Å². The number of aryl methyl sites for hydroxylation is 2. The molecule has 4 nitrogen and oxygen atoms in total. The second-order valence-corrected chi connectivity index (χ2v) is 4.70. The van der Waals surface area contributed by atoms with Gasteiger partial charge < -0.3 is 4.74 Å². The molecule has 1 aromatic heterocycles. The summed E-state index contributed by atoms with van der Waals surface area (Å²) in [6.07, 6.45) is 2.16. The lowest BCUT2D eigenvalue weighted by Gasteiger charge is -2.09. The molecule has 0 atom stereocenters. The maximum Gasteiger partial charge on any atom is 0.257 e. The van der Waals surface area contributed by atoms with Crippen LogP contribution in [0.2, 0.25) is 0 Å². The third-order valence-corrected chi connectivity index (χ3v) is 3.21. The average molecular weight is 267 g/mol. The van der Waals surface area contributed by atoms with Crippen LogP contribution in [-0.2, 0) is 6.42 Å². The van der Waals surface area contributed by atoms with Crippen molar-refractivity contribution in [2.75, 3.05) is 0 Å². The standard InChI is InChI=1S/C16H17N3O/c1-4-5-13-6-8-14(9-7-13)20-16-15(10-17)11(2)12(3)18-19-16/h6-9H,4-5H2,1-3H3. The number of nitriles is 1. The minimum atomic E-state index is 0.263. The van der Waals surface area contributed by atoms with Gasteiger partial charge in [-0.15, -0.1) is 5.10 Å². The summed E-state index contributed by atoms with van der Waals surface area (Å²) in [5.74, 6) is 0.928. The molecule has 102 valence electrons. The number of ether oxygens (including phenoxy) is 1. The Morgan fingerprint density at radius 1 is 1.15 bits per heavy atom. The van der Waals surface area contributed by atoms with Crippen molar-refractivity contribution in [2.24, 2.45) is 0 Å².